The molecule has 0 spiro atoms. The van der Waals surface area contributed by atoms with Gasteiger partial charge in [0.1, 0.15) is 0 Å². The van der Waals surface area contributed by atoms with Crippen LogP contribution in [-0.4, -0.2) is 6.54 Å². The molecule has 1 aliphatic heterocycles. The molecule has 0 unspecified atom stereocenters. The first kappa shape index (κ1) is 11.7. The van der Waals surface area contributed by atoms with Crippen molar-refractivity contribution in [1.29, 1.82) is 0 Å². The van der Waals surface area contributed by atoms with Crippen molar-refractivity contribution in [3.05, 3.63) is 83.4 Å². The van der Waals surface area contributed by atoms with Crippen molar-refractivity contribution in [2.45, 2.75) is 12.5 Å². The summed E-state index contributed by atoms with van der Waals surface area (Å²) >= 11 is 0. The minimum Gasteiger partial charge on any atom is -0.306 e. The number of nitrogens with one attached hydrogen (secondary N) is 1. The Morgan fingerprint density at radius 1 is 0.800 bits per heavy atom. The van der Waals surface area contributed by atoms with Gasteiger partial charge >= 0.3 is 0 Å². The molecule has 3 aromatic rings. The predicted molar refractivity (Wildman–Crippen MR) is 83.9 cm³/mol. The smallest absolute Gasteiger partial charge is 0.0579 e. The van der Waals surface area contributed by atoms with Crippen LogP contribution in [0, 0.1) is 0 Å². The van der Waals surface area contributed by atoms with Crippen LogP contribution in [0.2, 0.25) is 0 Å². The number of fused-ring (bicyclic) bond motifs is 2. The Morgan fingerprint density at radius 2 is 1.60 bits per heavy atom. The van der Waals surface area contributed by atoms with Crippen LogP contribution in [0.4, 0.5) is 0 Å². The van der Waals surface area contributed by atoms with Crippen LogP contribution in [-0.2, 0) is 6.42 Å². The fourth-order valence-electron chi connectivity index (χ4n) is 3.19. The molecule has 4 rings (SSSR count). The molecule has 1 atom stereocenters. The largest absolute Gasteiger partial charge is 0.306 e. The molecule has 20 heavy (non-hydrogen) atoms. The van der Waals surface area contributed by atoms with E-state index in [2.05, 4.69) is 72.0 Å². The van der Waals surface area contributed by atoms with Gasteiger partial charge in [0.2, 0.25) is 0 Å². The van der Waals surface area contributed by atoms with Crippen molar-refractivity contribution in [3.8, 4) is 0 Å². The highest BCUT2D eigenvalue weighted by molar-refractivity contribution is 5.83. The summed E-state index contributed by atoms with van der Waals surface area (Å²) in [5, 5.41) is 6.28. The van der Waals surface area contributed by atoms with Crippen molar-refractivity contribution < 1.29 is 0 Å². The molecule has 98 valence electrons. The zero-order chi connectivity index (χ0) is 13.4. The van der Waals surface area contributed by atoms with Crippen molar-refractivity contribution in [3.63, 3.8) is 0 Å². The summed E-state index contributed by atoms with van der Waals surface area (Å²) in [7, 11) is 0. The lowest BCUT2D eigenvalue weighted by atomic mass is 9.89. The minimum atomic E-state index is 0.324. The maximum absolute atomic E-state index is 3.66. The van der Waals surface area contributed by atoms with Gasteiger partial charge in [-0.2, -0.15) is 0 Å². The first-order valence-electron chi connectivity index (χ1n) is 7.22. The van der Waals surface area contributed by atoms with Crippen LogP contribution in [0.15, 0.2) is 66.7 Å². The van der Waals surface area contributed by atoms with Gasteiger partial charge in [-0.15, -0.1) is 0 Å². The maximum atomic E-state index is 3.66. The average molecular weight is 259 g/mol. The first-order valence-corrected chi connectivity index (χ1v) is 7.22. The van der Waals surface area contributed by atoms with Gasteiger partial charge in [-0.1, -0.05) is 60.7 Å². The van der Waals surface area contributed by atoms with E-state index in [-0.39, 0.29) is 0 Å². The average Bonchev–Trinajstić information content (AvgIpc) is 2.54. The number of benzene rings is 3. The Bertz CT molecular complexity index is 760. The topological polar surface area (TPSA) is 12.0 Å². The molecule has 0 amide bonds. The van der Waals surface area contributed by atoms with Gasteiger partial charge in [-0.25, -0.2) is 0 Å². The first-order chi connectivity index (χ1) is 9.92. The third-order valence-electron chi connectivity index (χ3n) is 4.22. The molecule has 0 bridgehead atoms. The summed E-state index contributed by atoms with van der Waals surface area (Å²) in [6, 6.07) is 24.5. The fourth-order valence-corrected chi connectivity index (χ4v) is 3.19. The van der Waals surface area contributed by atoms with Crippen LogP contribution >= 0.6 is 0 Å². The van der Waals surface area contributed by atoms with E-state index in [4.69, 9.17) is 0 Å². The van der Waals surface area contributed by atoms with Gasteiger partial charge < -0.3 is 5.32 Å². The van der Waals surface area contributed by atoms with E-state index < -0.39 is 0 Å². The number of rotatable bonds is 1. The van der Waals surface area contributed by atoms with E-state index in [9.17, 15) is 0 Å². The van der Waals surface area contributed by atoms with Gasteiger partial charge in [-0.3, -0.25) is 0 Å². The van der Waals surface area contributed by atoms with Gasteiger partial charge in [-0.05, 0) is 39.9 Å². The van der Waals surface area contributed by atoms with Gasteiger partial charge in [0.05, 0.1) is 6.04 Å². The zero-order valence-electron chi connectivity index (χ0n) is 11.3. The Balaban J connectivity index is 1.84. The second kappa shape index (κ2) is 4.77. The van der Waals surface area contributed by atoms with Crippen LogP contribution in [0.5, 0.6) is 0 Å². The standard InChI is InChI=1S/C19H17N/c1-2-7-16-13-17(10-9-14(16)5-1)19-18-8-4-3-6-15(18)11-12-20-19/h1-10,13,19-20H,11-12H2/t19-/m0/s1. The Labute approximate surface area is 119 Å². The maximum Gasteiger partial charge on any atom is 0.0579 e. The molecule has 1 aliphatic rings. The summed E-state index contributed by atoms with van der Waals surface area (Å²) in [5.41, 5.74) is 4.26. The van der Waals surface area contributed by atoms with Crippen molar-refractivity contribution in [2.24, 2.45) is 0 Å². The van der Waals surface area contributed by atoms with E-state index in [1.54, 1.807) is 0 Å². The highest BCUT2D eigenvalue weighted by atomic mass is 14.9. The van der Waals surface area contributed by atoms with E-state index in [1.807, 2.05) is 0 Å². The summed E-state index contributed by atoms with van der Waals surface area (Å²) in [5.74, 6) is 0. The van der Waals surface area contributed by atoms with Crippen molar-refractivity contribution in [2.75, 3.05) is 6.54 Å². The van der Waals surface area contributed by atoms with Crippen LogP contribution in [0.25, 0.3) is 10.8 Å². The Kier molecular flexibility index (Phi) is 2.79. The number of hydrogen-bond donors (Lipinski definition) is 1. The van der Waals surface area contributed by atoms with E-state index in [1.165, 1.54) is 27.5 Å². The van der Waals surface area contributed by atoms with E-state index in [0.717, 1.165) is 13.0 Å². The molecule has 1 heteroatoms. The third-order valence-corrected chi connectivity index (χ3v) is 4.22. The molecule has 0 saturated carbocycles. The molecule has 0 saturated heterocycles. The van der Waals surface area contributed by atoms with Crippen LogP contribution in [0.3, 0.4) is 0 Å². The second-order valence-corrected chi connectivity index (χ2v) is 5.44. The number of hydrogen-bond acceptors (Lipinski definition) is 1. The molecular formula is C19H17N. The lowest BCUT2D eigenvalue weighted by molar-refractivity contribution is 0.568. The van der Waals surface area contributed by atoms with Crippen molar-refractivity contribution >= 4 is 10.8 Å². The quantitative estimate of drug-likeness (QED) is 0.694. The molecule has 0 radical (unpaired) electrons. The normalized spacial score (nSPS) is 17.9. The molecule has 0 aliphatic carbocycles. The molecule has 3 aromatic carbocycles. The van der Waals surface area contributed by atoms with Crippen LogP contribution in [0.1, 0.15) is 22.7 Å². The van der Waals surface area contributed by atoms with Gasteiger partial charge in [0.15, 0.2) is 0 Å². The highest BCUT2D eigenvalue weighted by Crippen LogP contribution is 2.30. The summed E-state index contributed by atoms with van der Waals surface area (Å²) in [6.07, 6.45) is 1.13. The lowest BCUT2D eigenvalue weighted by Crippen LogP contribution is -2.30. The molecule has 1 nitrogen and oxygen atoms in total. The third kappa shape index (κ3) is 1.91. The SMILES string of the molecule is c1ccc2c(c1)CCN[C@H]2c1ccc2ccccc2c1. The molecular weight excluding hydrogens is 242 g/mol. The van der Waals surface area contributed by atoms with Crippen LogP contribution < -0.4 is 5.32 Å². The molecule has 0 aromatic heterocycles. The molecule has 1 heterocycles. The highest BCUT2D eigenvalue weighted by Gasteiger charge is 2.20. The summed E-state index contributed by atoms with van der Waals surface area (Å²) in [6.45, 7) is 1.05. The predicted octanol–water partition coefficient (Wildman–Crippen LogP) is 4.07. The summed E-state index contributed by atoms with van der Waals surface area (Å²) < 4.78 is 0. The monoisotopic (exact) mass is 259 g/mol. The van der Waals surface area contributed by atoms with Gasteiger partial charge in [0, 0.05) is 6.54 Å². The second-order valence-electron chi connectivity index (χ2n) is 5.44. The summed E-state index contributed by atoms with van der Waals surface area (Å²) in [4.78, 5) is 0. The van der Waals surface area contributed by atoms with E-state index in [0.29, 0.717) is 6.04 Å². The minimum absolute atomic E-state index is 0.324. The van der Waals surface area contributed by atoms with Gasteiger partial charge in [0.25, 0.3) is 0 Å². The Morgan fingerprint density at radius 3 is 2.55 bits per heavy atom. The lowest BCUT2D eigenvalue weighted by Gasteiger charge is -2.27. The molecule has 0 fully saturated rings. The van der Waals surface area contributed by atoms with Crippen molar-refractivity contribution in [1.82, 2.24) is 5.32 Å². The fraction of sp³-hybridized carbons (Fsp3) is 0.158. The zero-order valence-corrected chi connectivity index (χ0v) is 11.3. The molecule has 1 N–H and O–H groups in total. The Hall–Kier alpha value is -2.12. The van der Waals surface area contributed by atoms with E-state index >= 15 is 0 Å².